The van der Waals surface area contributed by atoms with Crippen molar-refractivity contribution >= 4 is 33.2 Å². The Morgan fingerprint density at radius 1 is 1.40 bits per heavy atom. The van der Waals surface area contributed by atoms with E-state index in [1.54, 1.807) is 18.3 Å². The van der Waals surface area contributed by atoms with Gasteiger partial charge in [0.25, 0.3) is 0 Å². The summed E-state index contributed by atoms with van der Waals surface area (Å²) in [4.78, 5) is 15.2. The number of hydrogen-bond donors (Lipinski definition) is 2. The quantitative estimate of drug-likeness (QED) is 0.810. The van der Waals surface area contributed by atoms with E-state index in [9.17, 15) is 4.79 Å². The van der Waals surface area contributed by atoms with Crippen LogP contribution in [0.5, 0.6) is 0 Å². The summed E-state index contributed by atoms with van der Waals surface area (Å²) < 4.78 is 1.23. The Bertz CT molecular complexity index is 582. The first-order chi connectivity index (χ1) is 9.58. The number of hydrogen-bond acceptors (Lipinski definition) is 4. The number of pyridine rings is 1. The molecule has 0 saturated heterocycles. The highest BCUT2D eigenvalue weighted by atomic mass is 32.1. The molecule has 5 heteroatoms. The molecule has 0 aliphatic carbocycles. The average molecular weight is 292 g/mol. The molecule has 0 spiro atoms. The van der Waals surface area contributed by atoms with E-state index in [0.29, 0.717) is 0 Å². The minimum atomic E-state index is -0.713. The van der Waals surface area contributed by atoms with Gasteiger partial charge in [0.05, 0.1) is 5.92 Å². The number of fused-ring (bicyclic) bond motifs is 1. The zero-order valence-electron chi connectivity index (χ0n) is 11.8. The molecule has 2 N–H and O–H groups in total. The van der Waals surface area contributed by atoms with Crippen LogP contribution in [0.1, 0.15) is 33.1 Å². The number of thiophene rings is 1. The predicted octanol–water partition coefficient (Wildman–Crippen LogP) is 3.99. The molecule has 0 aliphatic heterocycles. The molecule has 0 saturated carbocycles. The van der Waals surface area contributed by atoms with Gasteiger partial charge < -0.3 is 10.4 Å². The van der Waals surface area contributed by atoms with E-state index in [4.69, 9.17) is 5.11 Å². The van der Waals surface area contributed by atoms with Crippen LogP contribution in [0.2, 0.25) is 0 Å². The lowest BCUT2D eigenvalue weighted by Crippen LogP contribution is -2.17. The van der Waals surface area contributed by atoms with Gasteiger partial charge in [0, 0.05) is 22.3 Å². The maximum absolute atomic E-state index is 10.8. The zero-order valence-corrected chi connectivity index (χ0v) is 12.6. The topological polar surface area (TPSA) is 62.2 Å². The number of anilines is 1. The van der Waals surface area contributed by atoms with E-state index in [1.165, 1.54) is 4.70 Å². The summed E-state index contributed by atoms with van der Waals surface area (Å²) in [7, 11) is 0. The van der Waals surface area contributed by atoms with Crippen molar-refractivity contribution in [2.24, 2.45) is 5.92 Å². The highest BCUT2D eigenvalue weighted by Crippen LogP contribution is 2.26. The lowest BCUT2D eigenvalue weighted by Gasteiger charge is -2.15. The van der Waals surface area contributed by atoms with Crippen LogP contribution < -0.4 is 5.32 Å². The van der Waals surface area contributed by atoms with Crippen molar-refractivity contribution in [3.63, 3.8) is 0 Å². The normalized spacial score (nSPS) is 14.1. The van der Waals surface area contributed by atoms with Crippen LogP contribution in [0, 0.1) is 5.92 Å². The maximum Gasteiger partial charge on any atom is 0.306 e. The second-order valence-electron chi connectivity index (χ2n) is 5.21. The Kier molecular flexibility index (Phi) is 4.95. The predicted molar refractivity (Wildman–Crippen MR) is 83.4 cm³/mol. The first kappa shape index (κ1) is 14.8. The lowest BCUT2D eigenvalue weighted by atomic mass is 10.0. The third-order valence-corrected chi connectivity index (χ3v) is 4.34. The van der Waals surface area contributed by atoms with Gasteiger partial charge in [0.15, 0.2) is 0 Å². The summed E-state index contributed by atoms with van der Waals surface area (Å²) in [6.07, 6.45) is 4.39. The summed E-state index contributed by atoms with van der Waals surface area (Å²) in [5, 5.41) is 15.5. The third kappa shape index (κ3) is 3.70. The summed E-state index contributed by atoms with van der Waals surface area (Å²) in [6.45, 7) is 3.87. The Labute approximate surface area is 122 Å². The fraction of sp³-hybridized carbons (Fsp3) is 0.467. The molecule has 0 amide bonds. The first-order valence-electron chi connectivity index (χ1n) is 6.89. The van der Waals surface area contributed by atoms with Crippen LogP contribution >= 0.6 is 11.3 Å². The second kappa shape index (κ2) is 6.70. The smallest absolute Gasteiger partial charge is 0.306 e. The largest absolute Gasteiger partial charge is 0.481 e. The number of rotatable bonds is 7. The summed E-state index contributed by atoms with van der Waals surface area (Å²) in [5.41, 5.74) is 0. The Balaban J connectivity index is 1.87. The number of carbonyl (C=O) groups is 1. The molecule has 0 fully saturated rings. The fourth-order valence-electron chi connectivity index (χ4n) is 2.17. The van der Waals surface area contributed by atoms with E-state index in [0.717, 1.165) is 30.5 Å². The van der Waals surface area contributed by atoms with Gasteiger partial charge in [-0.25, -0.2) is 4.98 Å². The summed E-state index contributed by atoms with van der Waals surface area (Å²) in [5.74, 6) is -0.0570. The molecular formula is C15H20N2O2S. The van der Waals surface area contributed by atoms with Gasteiger partial charge in [-0.15, -0.1) is 11.3 Å². The Morgan fingerprint density at radius 3 is 2.95 bits per heavy atom. The van der Waals surface area contributed by atoms with Gasteiger partial charge in [-0.1, -0.05) is 13.3 Å². The molecule has 2 aromatic heterocycles. The molecule has 2 aromatic rings. The number of carboxylic acids is 1. The monoisotopic (exact) mass is 292 g/mol. The van der Waals surface area contributed by atoms with E-state index in [1.807, 2.05) is 12.3 Å². The first-order valence-corrected chi connectivity index (χ1v) is 7.77. The van der Waals surface area contributed by atoms with E-state index < -0.39 is 5.97 Å². The SMILES string of the molecule is CC(CCCC(C)C(=O)O)Nc1nccc2sccc12. The number of aliphatic carboxylic acids is 1. The minimum absolute atomic E-state index is 0.263. The van der Waals surface area contributed by atoms with Crippen LogP contribution in [0.3, 0.4) is 0 Å². The van der Waals surface area contributed by atoms with Gasteiger partial charge in [-0.05, 0) is 37.3 Å². The zero-order chi connectivity index (χ0) is 14.5. The van der Waals surface area contributed by atoms with Crippen molar-refractivity contribution < 1.29 is 9.90 Å². The molecule has 2 atom stereocenters. The number of carboxylic acid groups (broad SMARTS) is 1. The maximum atomic E-state index is 10.8. The van der Waals surface area contributed by atoms with E-state index >= 15 is 0 Å². The van der Waals surface area contributed by atoms with Crippen LogP contribution in [-0.4, -0.2) is 22.1 Å². The van der Waals surface area contributed by atoms with Gasteiger partial charge in [-0.2, -0.15) is 0 Å². The van der Waals surface area contributed by atoms with Crippen LogP contribution in [0.25, 0.3) is 10.1 Å². The molecule has 2 heterocycles. The highest BCUT2D eigenvalue weighted by Gasteiger charge is 2.12. The second-order valence-corrected chi connectivity index (χ2v) is 6.16. The molecule has 0 aliphatic rings. The van der Waals surface area contributed by atoms with Crippen LogP contribution in [-0.2, 0) is 4.79 Å². The molecule has 2 rings (SSSR count). The van der Waals surface area contributed by atoms with Crippen LogP contribution in [0.4, 0.5) is 5.82 Å². The Hall–Kier alpha value is -1.62. The molecule has 2 unspecified atom stereocenters. The summed E-state index contributed by atoms with van der Waals surface area (Å²) >= 11 is 1.71. The molecule has 4 nitrogen and oxygen atoms in total. The van der Waals surface area contributed by atoms with Crippen molar-refractivity contribution in [1.29, 1.82) is 0 Å². The number of aromatic nitrogens is 1. The number of nitrogens with zero attached hydrogens (tertiary/aromatic N) is 1. The molecule has 20 heavy (non-hydrogen) atoms. The summed E-state index contributed by atoms with van der Waals surface area (Å²) in [6, 6.07) is 4.38. The lowest BCUT2D eigenvalue weighted by molar-refractivity contribution is -0.141. The van der Waals surface area contributed by atoms with Crippen molar-refractivity contribution in [2.45, 2.75) is 39.2 Å². The molecule has 0 bridgehead atoms. The van der Waals surface area contributed by atoms with Gasteiger partial charge >= 0.3 is 5.97 Å². The van der Waals surface area contributed by atoms with Gasteiger partial charge in [0.1, 0.15) is 5.82 Å². The Morgan fingerprint density at radius 2 is 2.20 bits per heavy atom. The van der Waals surface area contributed by atoms with Crippen LogP contribution in [0.15, 0.2) is 23.7 Å². The number of nitrogens with one attached hydrogen (secondary N) is 1. The fourth-order valence-corrected chi connectivity index (χ4v) is 2.95. The standard InChI is InChI=1S/C15H20N2O2S/c1-10(15(18)19)4-3-5-11(2)17-14-12-7-9-20-13(12)6-8-16-14/h6-11H,3-5H2,1-2H3,(H,16,17)(H,18,19). The van der Waals surface area contributed by atoms with E-state index in [-0.39, 0.29) is 12.0 Å². The van der Waals surface area contributed by atoms with Gasteiger partial charge in [0.2, 0.25) is 0 Å². The van der Waals surface area contributed by atoms with Crippen molar-refractivity contribution in [1.82, 2.24) is 4.98 Å². The van der Waals surface area contributed by atoms with Crippen molar-refractivity contribution in [3.05, 3.63) is 23.7 Å². The molecular weight excluding hydrogens is 272 g/mol. The minimum Gasteiger partial charge on any atom is -0.481 e. The molecule has 108 valence electrons. The molecule has 0 radical (unpaired) electrons. The van der Waals surface area contributed by atoms with E-state index in [2.05, 4.69) is 28.7 Å². The van der Waals surface area contributed by atoms with Crippen molar-refractivity contribution in [3.8, 4) is 0 Å². The molecule has 0 aromatic carbocycles. The highest BCUT2D eigenvalue weighted by molar-refractivity contribution is 7.17. The van der Waals surface area contributed by atoms with Gasteiger partial charge in [-0.3, -0.25) is 4.79 Å². The third-order valence-electron chi connectivity index (χ3n) is 3.46. The van der Waals surface area contributed by atoms with Crippen molar-refractivity contribution in [2.75, 3.05) is 5.32 Å². The average Bonchev–Trinajstić information content (AvgIpc) is 2.87.